The predicted molar refractivity (Wildman–Crippen MR) is 58.1 cm³/mol. The highest BCUT2D eigenvalue weighted by atomic mass is 32.1. The molecule has 1 atom stereocenters. The van der Waals surface area contributed by atoms with Gasteiger partial charge in [0.2, 0.25) is 5.91 Å². The number of amides is 1. The van der Waals surface area contributed by atoms with Gasteiger partial charge in [0.15, 0.2) is 0 Å². The van der Waals surface area contributed by atoms with E-state index < -0.39 is 0 Å². The minimum Gasteiger partial charge on any atom is -0.343 e. The van der Waals surface area contributed by atoms with E-state index in [1.54, 1.807) is 0 Å². The van der Waals surface area contributed by atoms with Gasteiger partial charge in [-0.15, -0.1) is 0 Å². The van der Waals surface area contributed by atoms with Gasteiger partial charge in [-0.2, -0.15) is 12.6 Å². The minimum absolute atomic E-state index is 0.340. The molecular weight excluding hydrogens is 182 g/mol. The van der Waals surface area contributed by atoms with Crippen molar-refractivity contribution < 1.29 is 4.79 Å². The van der Waals surface area contributed by atoms with E-state index in [9.17, 15) is 4.79 Å². The summed E-state index contributed by atoms with van der Waals surface area (Å²) in [5.41, 5.74) is 0. The van der Waals surface area contributed by atoms with E-state index in [0.717, 1.165) is 45.2 Å². The number of hydrogen-bond acceptors (Lipinski definition) is 2. The molecule has 3 heteroatoms. The van der Waals surface area contributed by atoms with Gasteiger partial charge in [-0.25, -0.2) is 0 Å². The second-order valence-corrected chi connectivity index (χ2v) is 4.42. The number of hydrogen-bond donors (Lipinski definition) is 1. The lowest BCUT2D eigenvalue weighted by Crippen LogP contribution is -2.26. The highest BCUT2D eigenvalue weighted by Crippen LogP contribution is 2.13. The molecule has 0 radical (unpaired) electrons. The Balaban J connectivity index is 2.08. The Labute approximate surface area is 86.1 Å². The van der Waals surface area contributed by atoms with Gasteiger partial charge in [0.1, 0.15) is 0 Å². The quantitative estimate of drug-likeness (QED) is 0.675. The van der Waals surface area contributed by atoms with Crippen molar-refractivity contribution in [1.29, 1.82) is 0 Å². The van der Waals surface area contributed by atoms with Crippen molar-refractivity contribution in [3.05, 3.63) is 0 Å². The summed E-state index contributed by atoms with van der Waals surface area (Å²) in [4.78, 5) is 13.2. The number of nitrogens with zero attached hydrogens (tertiary/aromatic N) is 1. The van der Waals surface area contributed by atoms with Crippen LogP contribution in [0.1, 0.15) is 39.0 Å². The molecule has 0 aromatic carbocycles. The zero-order valence-corrected chi connectivity index (χ0v) is 9.22. The van der Waals surface area contributed by atoms with Crippen LogP contribution in [0.4, 0.5) is 0 Å². The molecule has 1 saturated heterocycles. The van der Waals surface area contributed by atoms with Crippen molar-refractivity contribution in [3.8, 4) is 0 Å². The first kappa shape index (κ1) is 10.9. The largest absolute Gasteiger partial charge is 0.343 e. The van der Waals surface area contributed by atoms with Crippen LogP contribution >= 0.6 is 12.6 Å². The number of carbonyl (C=O) groups excluding carboxylic acids is 1. The summed E-state index contributed by atoms with van der Waals surface area (Å²) < 4.78 is 0. The van der Waals surface area contributed by atoms with Crippen LogP contribution in [0.3, 0.4) is 0 Å². The fraction of sp³-hybridized carbons (Fsp3) is 0.900. The Bertz CT molecular complexity index is 172. The molecule has 1 heterocycles. The van der Waals surface area contributed by atoms with E-state index in [1.165, 1.54) is 0 Å². The van der Waals surface area contributed by atoms with Gasteiger partial charge in [0.25, 0.3) is 0 Å². The predicted octanol–water partition coefficient (Wildman–Crippen LogP) is 2.10. The molecule has 0 bridgehead atoms. The minimum atomic E-state index is 0.340. The molecule has 0 spiro atoms. The Kier molecular flexibility index (Phi) is 4.64. The molecular formula is C10H19NOS. The fourth-order valence-corrected chi connectivity index (χ4v) is 1.84. The van der Waals surface area contributed by atoms with E-state index in [4.69, 9.17) is 0 Å². The van der Waals surface area contributed by atoms with Crippen LogP contribution in [0, 0.1) is 0 Å². The maximum atomic E-state index is 11.2. The van der Waals surface area contributed by atoms with Gasteiger partial charge in [-0.05, 0) is 25.7 Å². The molecule has 1 rings (SSSR count). The lowest BCUT2D eigenvalue weighted by atomic mass is 10.2. The van der Waals surface area contributed by atoms with E-state index in [1.807, 2.05) is 4.90 Å². The highest BCUT2D eigenvalue weighted by Gasteiger charge is 2.19. The topological polar surface area (TPSA) is 20.3 Å². The smallest absolute Gasteiger partial charge is 0.222 e. The Morgan fingerprint density at radius 3 is 2.92 bits per heavy atom. The van der Waals surface area contributed by atoms with Crippen molar-refractivity contribution in [3.63, 3.8) is 0 Å². The Morgan fingerprint density at radius 2 is 2.38 bits per heavy atom. The first-order chi connectivity index (χ1) is 6.24. The van der Waals surface area contributed by atoms with Crippen molar-refractivity contribution in [2.24, 2.45) is 0 Å². The Morgan fingerprint density at radius 1 is 1.62 bits per heavy atom. The summed E-state index contributed by atoms with van der Waals surface area (Å²) in [5, 5.41) is 0.512. The first-order valence-corrected chi connectivity index (χ1v) is 5.71. The lowest BCUT2D eigenvalue weighted by Gasteiger charge is -2.16. The summed E-state index contributed by atoms with van der Waals surface area (Å²) in [5.74, 6) is 0.340. The molecule has 0 aliphatic carbocycles. The summed E-state index contributed by atoms with van der Waals surface area (Å²) in [6, 6.07) is 0. The monoisotopic (exact) mass is 201 g/mol. The molecule has 2 nitrogen and oxygen atoms in total. The molecule has 1 fully saturated rings. The molecule has 0 N–H and O–H groups in total. The van der Waals surface area contributed by atoms with Crippen LogP contribution in [0.2, 0.25) is 0 Å². The highest BCUT2D eigenvalue weighted by molar-refractivity contribution is 7.80. The summed E-state index contributed by atoms with van der Waals surface area (Å²) in [6.45, 7) is 4.07. The van der Waals surface area contributed by atoms with Gasteiger partial charge in [-0.1, -0.05) is 6.92 Å². The number of rotatable bonds is 5. The standard InChI is InChI=1S/C10H19NOS/c1-2-9(13)5-3-7-11-8-4-6-10(11)12/h9,13H,2-8H2,1H3. The maximum absolute atomic E-state index is 11.2. The van der Waals surface area contributed by atoms with Gasteiger partial charge >= 0.3 is 0 Å². The second kappa shape index (κ2) is 5.53. The number of thiol groups is 1. The average molecular weight is 201 g/mol. The average Bonchev–Trinajstić information content (AvgIpc) is 2.52. The normalized spacial score (nSPS) is 19.5. The molecule has 1 amide bonds. The fourth-order valence-electron chi connectivity index (χ4n) is 1.66. The van der Waals surface area contributed by atoms with Crippen LogP contribution in [-0.4, -0.2) is 29.1 Å². The third-order valence-corrected chi connectivity index (χ3v) is 3.23. The summed E-state index contributed by atoms with van der Waals surface area (Å²) >= 11 is 4.43. The maximum Gasteiger partial charge on any atom is 0.222 e. The second-order valence-electron chi connectivity index (χ2n) is 3.69. The summed E-state index contributed by atoms with van der Waals surface area (Å²) in [7, 11) is 0. The third-order valence-electron chi connectivity index (χ3n) is 2.61. The van der Waals surface area contributed by atoms with Crippen molar-refractivity contribution in [1.82, 2.24) is 4.90 Å². The van der Waals surface area contributed by atoms with Crippen molar-refractivity contribution in [2.45, 2.75) is 44.3 Å². The van der Waals surface area contributed by atoms with E-state index >= 15 is 0 Å². The zero-order chi connectivity index (χ0) is 9.68. The zero-order valence-electron chi connectivity index (χ0n) is 8.33. The first-order valence-electron chi connectivity index (χ1n) is 5.20. The molecule has 0 saturated carbocycles. The van der Waals surface area contributed by atoms with Crippen LogP contribution in [0.15, 0.2) is 0 Å². The molecule has 0 aromatic rings. The van der Waals surface area contributed by atoms with E-state index in [2.05, 4.69) is 19.6 Å². The molecule has 1 unspecified atom stereocenters. The molecule has 1 aliphatic rings. The van der Waals surface area contributed by atoms with Crippen LogP contribution in [0.25, 0.3) is 0 Å². The SMILES string of the molecule is CCC(S)CCCN1CCCC1=O. The molecule has 0 aromatic heterocycles. The molecule has 76 valence electrons. The van der Waals surface area contributed by atoms with E-state index in [0.29, 0.717) is 11.2 Å². The number of carbonyl (C=O) groups is 1. The molecule has 1 aliphatic heterocycles. The van der Waals surface area contributed by atoms with Crippen LogP contribution in [0.5, 0.6) is 0 Å². The van der Waals surface area contributed by atoms with Crippen LogP contribution in [-0.2, 0) is 4.79 Å². The summed E-state index contributed by atoms with van der Waals surface area (Å²) in [6.07, 6.45) is 5.17. The van der Waals surface area contributed by atoms with Gasteiger partial charge in [0, 0.05) is 24.8 Å². The van der Waals surface area contributed by atoms with Gasteiger partial charge < -0.3 is 4.90 Å². The van der Waals surface area contributed by atoms with E-state index in [-0.39, 0.29) is 0 Å². The van der Waals surface area contributed by atoms with Gasteiger partial charge in [-0.3, -0.25) is 4.79 Å². The lowest BCUT2D eigenvalue weighted by molar-refractivity contribution is -0.127. The van der Waals surface area contributed by atoms with Crippen molar-refractivity contribution in [2.75, 3.05) is 13.1 Å². The van der Waals surface area contributed by atoms with Gasteiger partial charge in [0.05, 0.1) is 0 Å². The van der Waals surface area contributed by atoms with Crippen molar-refractivity contribution >= 4 is 18.5 Å². The Hall–Kier alpha value is -0.180. The molecule has 13 heavy (non-hydrogen) atoms. The van der Waals surface area contributed by atoms with Crippen LogP contribution < -0.4 is 0 Å². The number of likely N-dealkylation sites (tertiary alicyclic amines) is 1. The third kappa shape index (κ3) is 3.59.